The van der Waals surface area contributed by atoms with Gasteiger partial charge < -0.3 is 15.4 Å². The van der Waals surface area contributed by atoms with E-state index in [1.807, 2.05) is 39.0 Å². The number of benzene rings is 2. The van der Waals surface area contributed by atoms with Crippen LogP contribution in [-0.4, -0.2) is 28.7 Å². The topological polar surface area (TPSA) is 85.2 Å². The summed E-state index contributed by atoms with van der Waals surface area (Å²) in [6.07, 6.45) is 0.0192. The molecule has 1 unspecified atom stereocenters. The van der Waals surface area contributed by atoms with E-state index in [4.69, 9.17) is 4.74 Å². The zero-order chi connectivity index (χ0) is 24.2. The van der Waals surface area contributed by atoms with Gasteiger partial charge in [-0.3, -0.25) is 9.59 Å². The number of amides is 2. The molecule has 174 valence electrons. The predicted octanol–water partition coefficient (Wildman–Crippen LogP) is 4.52. The molecule has 0 aliphatic rings. The molecule has 1 atom stereocenters. The Kier molecular flexibility index (Phi) is 7.16. The van der Waals surface area contributed by atoms with Crippen molar-refractivity contribution in [2.24, 2.45) is 0 Å². The predicted molar refractivity (Wildman–Crippen MR) is 125 cm³/mol. The minimum absolute atomic E-state index is 0.0192. The van der Waals surface area contributed by atoms with Crippen molar-refractivity contribution < 1.29 is 18.7 Å². The molecule has 0 spiro atoms. The molecule has 0 fully saturated rings. The van der Waals surface area contributed by atoms with E-state index in [1.54, 1.807) is 36.1 Å². The van der Waals surface area contributed by atoms with E-state index < -0.39 is 6.04 Å². The Morgan fingerprint density at radius 1 is 1.09 bits per heavy atom. The van der Waals surface area contributed by atoms with Gasteiger partial charge in [-0.1, -0.05) is 32.9 Å². The number of hydrogen-bond donors (Lipinski definition) is 2. The van der Waals surface area contributed by atoms with E-state index in [0.29, 0.717) is 17.3 Å². The Labute approximate surface area is 193 Å². The number of halogens is 1. The number of rotatable bonds is 7. The van der Waals surface area contributed by atoms with Crippen LogP contribution in [0.3, 0.4) is 0 Å². The van der Waals surface area contributed by atoms with Gasteiger partial charge in [0.2, 0.25) is 11.8 Å². The third-order valence-corrected chi connectivity index (χ3v) is 5.10. The Balaban J connectivity index is 1.87. The lowest BCUT2D eigenvalue weighted by molar-refractivity contribution is -0.120. The summed E-state index contributed by atoms with van der Waals surface area (Å²) in [4.78, 5) is 24.8. The maximum absolute atomic E-state index is 13.4. The molecule has 3 aromatic rings. The van der Waals surface area contributed by atoms with Gasteiger partial charge in [-0.05, 0) is 42.0 Å². The van der Waals surface area contributed by atoms with Gasteiger partial charge in [-0.25, -0.2) is 9.07 Å². The van der Waals surface area contributed by atoms with Crippen LogP contribution in [0.1, 0.15) is 51.4 Å². The second-order valence-electron chi connectivity index (χ2n) is 8.83. The van der Waals surface area contributed by atoms with Crippen LogP contribution < -0.4 is 15.4 Å². The molecule has 2 amide bonds. The quantitative estimate of drug-likeness (QED) is 0.552. The Morgan fingerprint density at radius 2 is 1.73 bits per heavy atom. The highest BCUT2D eigenvalue weighted by atomic mass is 19.1. The fourth-order valence-electron chi connectivity index (χ4n) is 3.33. The summed E-state index contributed by atoms with van der Waals surface area (Å²) in [7, 11) is 1.57. The zero-order valence-electron chi connectivity index (χ0n) is 19.5. The molecular formula is C25H29FN4O3. The van der Waals surface area contributed by atoms with Crippen molar-refractivity contribution in [1.82, 2.24) is 15.1 Å². The van der Waals surface area contributed by atoms with Crippen LogP contribution in [0.4, 0.5) is 10.2 Å². The molecule has 0 aliphatic heterocycles. The molecule has 1 heterocycles. The number of methoxy groups -OCH3 is 1. The zero-order valence-corrected chi connectivity index (χ0v) is 19.5. The van der Waals surface area contributed by atoms with Crippen molar-refractivity contribution in [1.29, 1.82) is 0 Å². The summed E-state index contributed by atoms with van der Waals surface area (Å²) in [5, 5.41) is 10.4. The average molecular weight is 453 g/mol. The molecule has 0 saturated carbocycles. The minimum atomic E-state index is -0.516. The van der Waals surface area contributed by atoms with E-state index in [0.717, 1.165) is 11.3 Å². The van der Waals surface area contributed by atoms with Crippen LogP contribution in [0.25, 0.3) is 5.69 Å². The van der Waals surface area contributed by atoms with Crippen molar-refractivity contribution in [3.05, 3.63) is 71.7 Å². The Hall–Kier alpha value is -3.68. The maximum atomic E-state index is 13.4. The number of hydrogen-bond acceptors (Lipinski definition) is 4. The number of nitrogens with one attached hydrogen (secondary N) is 2. The Morgan fingerprint density at radius 3 is 2.27 bits per heavy atom. The number of carbonyl (C=O) groups is 2. The van der Waals surface area contributed by atoms with Crippen LogP contribution in [0, 0.1) is 5.82 Å². The first kappa shape index (κ1) is 24.0. The summed E-state index contributed by atoms with van der Waals surface area (Å²) in [6, 6.07) is 14.4. The summed E-state index contributed by atoms with van der Waals surface area (Å²) >= 11 is 0. The first-order chi connectivity index (χ1) is 15.6. The molecular weight excluding hydrogens is 423 g/mol. The lowest BCUT2D eigenvalue weighted by Crippen LogP contribution is -2.30. The van der Waals surface area contributed by atoms with Gasteiger partial charge in [0.1, 0.15) is 17.4 Å². The molecule has 2 N–H and O–H groups in total. The number of anilines is 1. The molecule has 3 rings (SSSR count). The van der Waals surface area contributed by atoms with E-state index in [2.05, 4.69) is 15.7 Å². The first-order valence-electron chi connectivity index (χ1n) is 10.6. The van der Waals surface area contributed by atoms with Crippen molar-refractivity contribution in [3.63, 3.8) is 0 Å². The second kappa shape index (κ2) is 9.85. The highest BCUT2D eigenvalue weighted by molar-refractivity contribution is 5.91. The van der Waals surface area contributed by atoms with Gasteiger partial charge in [0.25, 0.3) is 0 Å². The summed E-state index contributed by atoms with van der Waals surface area (Å²) < 4.78 is 20.2. The van der Waals surface area contributed by atoms with E-state index in [9.17, 15) is 14.0 Å². The van der Waals surface area contributed by atoms with E-state index in [-0.39, 0.29) is 29.5 Å². The highest BCUT2D eigenvalue weighted by Crippen LogP contribution is 2.27. The molecule has 0 bridgehead atoms. The lowest BCUT2D eigenvalue weighted by Gasteiger charge is -2.18. The summed E-state index contributed by atoms with van der Waals surface area (Å²) in [6.45, 7) is 7.47. The van der Waals surface area contributed by atoms with Crippen molar-refractivity contribution in [3.8, 4) is 11.4 Å². The first-order valence-corrected chi connectivity index (χ1v) is 10.6. The molecule has 1 aromatic heterocycles. The number of aromatic nitrogens is 2. The Bertz CT molecular complexity index is 1120. The molecule has 33 heavy (non-hydrogen) atoms. The van der Waals surface area contributed by atoms with Gasteiger partial charge in [-0.2, -0.15) is 5.10 Å². The number of ether oxygens (including phenoxy) is 1. The fourth-order valence-corrected chi connectivity index (χ4v) is 3.33. The molecule has 0 radical (unpaired) electrons. The molecule has 7 nitrogen and oxygen atoms in total. The molecule has 2 aromatic carbocycles. The normalized spacial score (nSPS) is 12.2. The maximum Gasteiger partial charge on any atom is 0.227 e. The fraction of sp³-hybridized carbons (Fsp3) is 0.320. The molecule has 0 saturated heterocycles. The van der Waals surface area contributed by atoms with Crippen LogP contribution in [-0.2, 0) is 15.0 Å². The highest BCUT2D eigenvalue weighted by Gasteiger charge is 2.23. The van der Waals surface area contributed by atoms with Crippen molar-refractivity contribution >= 4 is 17.6 Å². The summed E-state index contributed by atoms with van der Waals surface area (Å²) in [5.74, 6) is 0.254. The number of carbonyl (C=O) groups excluding carboxylic acids is 2. The van der Waals surface area contributed by atoms with Gasteiger partial charge in [0.15, 0.2) is 0 Å². The van der Waals surface area contributed by atoms with Gasteiger partial charge in [-0.15, -0.1) is 0 Å². The van der Waals surface area contributed by atoms with Crippen LogP contribution in [0.2, 0.25) is 0 Å². The van der Waals surface area contributed by atoms with Crippen LogP contribution >= 0.6 is 0 Å². The third kappa shape index (κ3) is 6.19. The SMILES string of the molecule is COc1ccc(C(CC(=O)Nc2cc(C(C)(C)C)nn2-c2ccc(F)cc2)NC(C)=O)cc1. The third-order valence-electron chi connectivity index (χ3n) is 5.10. The van der Waals surface area contributed by atoms with Gasteiger partial charge in [0, 0.05) is 18.4 Å². The van der Waals surface area contributed by atoms with Crippen molar-refractivity contribution in [2.45, 2.75) is 45.6 Å². The molecule has 0 aliphatic carbocycles. The van der Waals surface area contributed by atoms with Crippen molar-refractivity contribution in [2.75, 3.05) is 12.4 Å². The minimum Gasteiger partial charge on any atom is -0.497 e. The van der Waals surface area contributed by atoms with Crippen LogP contribution in [0.5, 0.6) is 5.75 Å². The number of nitrogens with zero attached hydrogens (tertiary/aromatic N) is 2. The summed E-state index contributed by atoms with van der Waals surface area (Å²) in [5.41, 5.74) is 1.92. The van der Waals surface area contributed by atoms with E-state index in [1.165, 1.54) is 19.1 Å². The molecule has 8 heteroatoms. The standard InChI is InChI=1S/C25H29FN4O3/c1-16(31)27-21(17-6-12-20(33-5)13-7-17)14-24(32)28-23-15-22(25(2,3)4)29-30(23)19-10-8-18(26)9-11-19/h6-13,15,21H,14H2,1-5H3,(H,27,31)(H,28,32). The largest absolute Gasteiger partial charge is 0.497 e. The van der Waals surface area contributed by atoms with E-state index >= 15 is 0 Å². The lowest BCUT2D eigenvalue weighted by atomic mass is 9.92. The monoisotopic (exact) mass is 452 g/mol. The smallest absolute Gasteiger partial charge is 0.227 e. The second-order valence-corrected chi connectivity index (χ2v) is 8.83. The van der Waals surface area contributed by atoms with Gasteiger partial charge in [0.05, 0.1) is 31.0 Å². The van der Waals surface area contributed by atoms with Gasteiger partial charge >= 0.3 is 0 Å². The average Bonchev–Trinajstić information content (AvgIpc) is 3.17. The van der Waals surface area contributed by atoms with Crippen LogP contribution in [0.15, 0.2) is 54.6 Å².